The highest BCUT2D eigenvalue weighted by Gasteiger charge is 2.22. The molecule has 10 aromatic rings. The van der Waals surface area contributed by atoms with Gasteiger partial charge in [0, 0.05) is 53.7 Å². The summed E-state index contributed by atoms with van der Waals surface area (Å²) in [7, 11) is 0. The van der Waals surface area contributed by atoms with Crippen molar-refractivity contribution >= 4 is 75.4 Å². The van der Waals surface area contributed by atoms with E-state index in [0.29, 0.717) is 17.5 Å². The molecule has 6 heteroatoms. The Morgan fingerprint density at radius 3 is 1.89 bits per heavy atom. The molecule has 0 N–H and O–H groups in total. The van der Waals surface area contributed by atoms with Crippen molar-refractivity contribution in [2.45, 2.75) is 0 Å². The highest BCUT2D eigenvalue weighted by Crippen LogP contribution is 2.46. The molecule has 0 unspecified atom stereocenters. The molecule has 0 aliphatic heterocycles. The molecule has 10 rings (SSSR count). The van der Waals surface area contributed by atoms with Crippen molar-refractivity contribution < 1.29 is 8.83 Å². The van der Waals surface area contributed by atoms with Gasteiger partial charge in [0.1, 0.15) is 22.3 Å². The molecule has 45 heavy (non-hydrogen) atoms. The van der Waals surface area contributed by atoms with Gasteiger partial charge in [-0.3, -0.25) is 0 Å². The molecule has 0 saturated heterocycles. The summed E-state index contributed by atoms with van der Waals surface area (Å²) in [5.41, 5.74) is 6.16. The minimum absolute atomic E-state index is 0.590. The lowest BCUT2D eigenvalue weighted by atomic mass is 10.0. The number of hydrogen-bond acceptors (Lipinski definition) is 6. The van der Waals surface area contributed by atoms with Crippen LogP contribution in [0, 0.1) is 0 Å². The van der Waals surface area contributed by atoms with Crippen LogP contribution in [-0.2, 0) is 0 Å². The van der Waals surface area contributed by atoms with Gasteiger partial charge in [0.2, 0.25) is 0 Å². The Hall–Kier alpha value is -5.85. The van der Waals surface area contributed by atoms with Crippen molar-refractivity contribution in [1.29, 1.82) is 0 Å². The molecule has 4 heterocycles. The largest absolute Gasteiger partial charge is 0.456 e. The molecule has 6 aromatic carbocycles. The van der Waals surface area contributed by atoms with Gasteiger partial charge in [-0.1, -0.05) is 91.0 Å². The predicted octanol–water partition coefficient (Wildman–Crippen LogP) is 11.0. The summed E-state index contributed by atoms with van der Waals surface area (Å²) in [6.45, 7) is 0. The van der Waals surface area contributed by atoms with Crippen LogP contribution in [0.3, 0.4) is 0 Å². The fourth-order valence-electron chi connectivity index (χ4n) is 6.44. The van der Waals surface area contributed by atoms with Gasteiger partial charge in [-0.15, -0.1) is 11.3 Å². The number of hydrogen-bond donors (Lipinski definition) is 0. The van der Waals surface area contributed by atoms with Gasteiger partial charge in [-0.2, -0.15) is 0 Å². The number of furan rings is 2. The van der Waals surface area contributed by atoms with Crippen LogP contribution in [-0.4, -0.2) is 15.0 Å². The number of para-hydroxylation sites is 2. The van der Waals surface area contributed by atoms with E-state index in [0.717, 1.165) is 76.0 Å². The monoisotopic (exact) mass is 595 g/mol. The van der Waals surface area contributed by atoms with Crippen LogP contribution < -0.4 is 0 Å². The lowest BCUT2D eigenvalue weighted by Crippen LogP contribution is -2.00. The van der Waals surface area contributed by atoms with Gasteiger partial charge in [-0.05, 0) is 36.4 Å². The first-order chi connectivity index (χ1) is 22.3. The van der Waals surface area contributed by atoms with Gasteiger partial charge < -0.3 is 8.83 Å². The van der Waals surface area contributed by atoms with Crippen molar-refractivity contribution in [3.63, 3.8) is 0 Å². The number of fused-ring (bicyclic) bond motifs is 10. The van der Waals surface area contributed by atoms with Crippen LogP contribution in [0.5, 0.6) is 0 Å². The van der Waals surface area contributed by atoms with Gasteiger partial charge in [0.25, 0.3) is 0 Å². The van der Waals surface area contributed by atoms with Crippen LogP contribution in [0.2, 0.25) is 0 Å². The second-order valence-electron chi connectivity index (χ2n) is 11.2. The van der Waals surface area contributed by atoms with Crippen molar-refractivity contribution in [2.75, 3.05) is 0 Å². The van der Waals surface area contributed by atoms with E-state index in [4.69, 9.17) is 23.8 Å². The van der Waals surface area contributed by atoms with Crippen LogP contribution in [0.25, 0.3) is 98.2 Å². The molecule has 0 saturated carbocycles. The van der Waals surface area contributed by atoms with Crippen molar-refractivity contribution in [3.05, 3.63) is 127 Å². The van der Waals surface area contributed by atoms with E-state index in [1.165, 1.54) is 4.70 Å². The maximum absolute atomic E-state index is 6.52. The number of aromatic nitrogens is 3. The average Bonchev–Trinajstić information content (AvgIpc) is 3.79. The quantitative estimate of drug-likeness (QED) is 0.203. The van der Waals surface area contributed by atoms with Crippen LogP contribution in [0.4, 0.5) is 0 Å². The number of thiophene rings is 1. The zero-order valence-electron chi connectivity index (χ0n) is 23.7. The first-order valence-electron chi connectivity index (χ1n) is 14.8. The molecule has 0 aliphatic rings. The highest BCUT2D eigenvalue weighted by molar-refractivity contribution is 7.26. The molecule has 0 aliphatic carbocycles. The van der Waals surface area contributed by atoms with Gasteiger partial charge >= 0.3 is 0 Å². The third-order valence-corrected chi connectivity index (χ3v) is 9.74. The van der Waals surface area contributed by atoms with Crippen molar-refractivity contribution in [2.24, 2.45) is 0 Å². The Kier molecular flexibility index (Phi) is 5.09. The standard InChI is InChI=1S/C39H21N3O2S/c1-2-10-22(11-3-1)37-40-38(23-18-19-26-24-12-4-7-15-30(24)43-32(26)20-23)42-39(41-37)29-21-28-25-13-5-8-16-31(25)44-35(28)34-27-14-6-9-17-33(27)45-36(29)34/h1-21H. The lowest BCUT2D eigenvalue weighted by molar-refractivity contribution is 0.669. The summed E-state index contributed by atoms with van der Waals surface area (Å²) in [6, 6.07) is 43.3. The summed E-state index contributed by atoms with van der Waals surface area (Å²) in [4.78, 5) is 15.3. The topological polar surface area (TPSA) is 65.0 Å². The number of rotatable bonds is 3. The summed E-state index contributed by atoms with van der Waals surface area (Å²) < 4.78 is 15.0. The Morgan fingerprint density at radius 2 is 1.07 bits per heavy atom. The second kappa shape index (κ2) is 9.32. The molecule has 0 radical (unpaired) electrons. The molecule has 0 spiro atoms. The Labute approximate surface area is 260 Å². The SMILES string of the molecule is c1ccc(-c2nc(-c3ccc4c(c3)oc3ccccc34)nc(-c3cc4c5ccccc5oc4c4c3sc3ccccc34)n2)cc1. The van der Waals surface area contributed by atoms with E-state index in [-0.39, 0.29) is 0 Å². The third kappa shape index (κ3) is 3.70. The molecule has 0 amide bonds. The summed E-state index contributed by atoms with van der Waals surface area (Å²) in [6.07, 6.45) is 0. The molecule has 0 bridgehead atoms. The van der Waals surface area contributed by atoms with Crippen LogP contribution >= 0.6 is 11.3 Å². The van der Waals surface area contributed by atoms with E-state index >= 15 is 0 Å². The minimum Gasteiger partial charge on any atom is -0.456 e. The maximum Gasteiger partial charge on any atom is 0.165 e. The Bertz CT molecular complexity index is 2770. The van der Waals surface area contributed by atoms with Crippen molar-refractivity contribution in [3.8, 4) is 34.2 Å². The van der Waals surface area contributed by atoms with Crippen molar-refractivity contribution in [1.82, 2.24) is 15.0 Å². The third-order valence-electron chi connectivity index (χ3n) is 8.53. The molecular weight excluding hydrogens is 575 g/mol. The number of nitrogens with zero attached hydrogens (tertiary/aromatic N) is 3. The fraction of sp³-hybridized carbons (Fsp3) is 0. The van der Waals surface area contributed by atoms with Gasteiger partial charge in [0.15, 0.2) is 17.5 Å². The first-order valence-corrected chi connectivity index (χ1v) is 15.6. The van der Waals surface area contributed by atoms with Crippen LogP contribution in [0.1, 0.15) is 0 Å². The molecular formula is C39H21N3O2S. The Morgan fingerprint density at radius 1 is 0.444 bits per heavy atom. The van der Waals surface area contributed by atoms with Crippen LogP contribution in [0.15, 0.2) is 136 Å². The van der Waals surface area contributed by atoms with Gasteiger partial charge in [0.05, 0.1) is 4.70 Å². The van der Waals surface area contributed by atoms with E-state index in [1.54, 1.807) is 11.3 Å². The van der Waals surface area contributed by atoms with Gasteiger partial charge in [-0.25, -0.2) is 15.0 Å². The lowest BCUT2D eigenvalue weighted by Gasteiger charge is -2.09. The zero-order chi connectivity index (χ0) is 29.5. The highest BCUT2D eigenvalue weighted by atomic mass is 32.1. The predicted molar refractivity (Wildman–Crippen MR) is 184 cm³/mol. The van der Waals surface area contributed by atoms with E-state index in [9.17, 15) is 0 Å². The fourth-order valence-corrected chi connectivity index (χ4v) is 7.65. The number of benzene rings is 6. The molecule has 210 valence electrons. The minimum atomic E-state index is 0.590. The molecule has 5 nitrogen and oxygen atoms in total. The Balaban J connectivity index is 1.29. The van der Waals surface area contributed by atoms with E-state index in [1.807, 2.05) is 66.7 Å². The zero-order valence-corrected chi connectivity index (χ0v) is 24.5. The first kappa shape index (κ1) is 24.6. The molecule has 4 aromatic heterocycles. The normalized spacial score (nSPS) is 12.0. The maximum atomic E-state index is 6.52. The second-order valence-corrected chi connectivity index (χ2v) is 12.2. The summed E-state index contributed by atoms with van der Waals surface area (Å²) in [5.74, 6) is 1.83. The molecule has 0 fully saturated rings. The molecule has 0 atom stereocenters. The average molecular weight is 596 g/mol. The smallest absolute Gasteiger partial charge is 0.165 e. The summed E-state index contributed by atoms with van der Waals surface area (Å²) >= 11 is 1.74. The van der Waals surface area contributed by atoms with E-state index in [2.05, 4.69) is 60.7 Å². The van der Waals surface area contributed by atoms with E-state index < -0.39 is 0 Å². The summed E-state index contributed by atoms with van der Waals surface area (Å²) in [5, 5.41) is 6.52.